The molecule has 118 valence electrons. The number of ether oxygens (including phenoxy) is 1. The average Bonchev–Trinajstić information content (AvgIpc) is 3.26. The molecular formula is C13H27N3O3S. The molecule has 6 nitrogen and oxygen atoms in total. The van der Waals surface area contributed by atoms with Gasteiger partial charge < -0.3 is 10.1 Å². The summed E-state index contributed by atoms with van der Waals surface area (Å²) in [5.41, 5.74) is 0. The zero-order valence-electron chi connectivity index (χ0n) is 12.3. The van der Waals surface area contributed by atoms with E-state index >= 15 is 0 Å². The van der Waals surface area contributed by atoms with Gasteiger partial charge in [0.25, 0.3) is 10.2 Å². The number of nitrogens with zero attached hydrogens (tertiary/aromatic N) is 1. The quantitative estimate of drug-likeness (QED) is 0.602. The molecule has 1 heterocycles. The Morgan fingerprint density at radius 1 is 1.20 bits per heavy atom. The Bertz CT molecular complexity index is 376. The fourth-order valence-electron chi connectivity index (χ4n) is 2.45. The summed E-state index contributed by atoms with van der Waals surface area (Å²) < 4.78 is 33.4. The summed E-state index contributed by atoms with van der Waals surface area (Å²) in [5.74, 6) is 0.616. The maximum absolute atomic E-state index is 12.1. The Labute approximate surface area is 122 Å². The highest BCUT2D eigenvalue weighted by molar-refractivity contribution is 7.87. The van der Waals surface area contributed by atoms with Gasteiger partial charge in [0.05, 0.1) is 6.61 Å². The third kappa shape index (κ3) is 5.29. The van der Waals surface area contributed by atoms with Crippen molar-refractivity contribution in [2.24, 2.45) is 5.92 Å². The first-order valence-corrected chi connectivity index (χ1v) is 9.11. The number of hydrogen-bond acceptors (Lipinski definition) is 4. The lowest BCUT2D eigenvalue weighted by atomic mass is 9.98. The molecule has 0 atom stereocenters. The van der Waals surface area contributed by atoms with Crippen molar-refractivity contribution in [2.45, 2.75) is 38.6 Å². The molecule has 1 aliphatic carbocycles. The molecule has 20 heavy (non-hydrogen) atoms. The molecule has 0 spiro atoms. The zero-order chi connectivity index (χ0) is 14.4. The monoisotopic (exact) mass is 305 g/mol. The van der Waals surface area contributed by atoms with Gasteiger partial charge in [0.15, 0.2) is 0 Å². The highest BCUT2D eigenvalue weighted by atomic mass is 32.2. The summed E-state index contributed by atoms with van der Waals surface area (Å²) in [5, 5.41) is 3.53. The van der Waals surface area contributed by atoms with Crippen LogP contribution in [-0.4, -0.2) is 58.2 Å². The fourth-order valence-corrected chi connectivity index (χ4v) is 3.67. The molecule has 2 N–H and O–H groups in total. The Morgan fingerprint density at radius 3 is 2.50 bits per heavy atom. The van der Waals surface area contributed by atoms with Crippen molar-refractivity contribution in [2.75, 3.05) is 39.4 Å². The Morgan fingerprint density at radius 2 is 1.90 bits per heavy atom. The molecule has 0 amide bonds. The molecule has 0 unspecified atom stereocenters. The van der Waals surface area contributed by atoms with Crippen molar-refractivity contribution < 1.29 is 13.2 Å². The fraction of sp³-hybridized carbons (Fsp3) is 1.00. The highest BCUT2D eigenvalue weighted by Gasteiger charge is 2.28. The van der Waals surface area contributed by atoms with E-state index in [1.54, 1.807) is 4.31 Å². The van der Waals surface area contributed by atoms with Crippen molar-refractivity contribution >= 4 is 10.2 Å². The first kappa shape index (κ1) is 16.2. The van der Waals surface area contributed by atoms with Gasteiger partial charge in [-0.25, -0.2) is 0 Å². The van der Waals surface area contributed by atoms with E-state index in [0.717, 1.165) is 25.4 Å². The zero-order valence-corrected chi connectivity index (χ0v) is 13.1. The second-order valence-electron chi connectivity index (χ2n) is 5.62. The minimum atomic E-state index is -3.32. The molecule has 0 aromatic carbocycles. The average molecular weight is 305 g/mol. The van der Waals surface area contributed by atoms with Gasteiger partial charge in [-0.15, -0.1) is 0 Å². The van der Waals surface area contributed by atoms with Crippen molar-refractivity contribution in [1.82, 2.24) is 14.3 Å². The van der Waals surface area contributed by atoms with Crippen molar-refractivity contribution in [1.29, 1.82) is 0 Å². The normalized spacial score (nSPS) is 22.2. The van der Waals surface area contributed by atoms with E-state index < -0.39 is 10.2 Å². The third-order valence-electron chi connectivity index (χ3n) is 3.92. The molecule has 1 saturated heterocycles. The summed E-state index contributed by atoms with van der Waals surface area (Å²) in [6.07, 6.45) is 4.51. The third-order valence-corrected chi connectivity index (χ3v) is 5.53. The largest absolute Gasteiger partial charge is 0.380 e. The maximum atomic E-state index is 12.1. The number of piperidine rings is 1. The van der Waals surface area contributed by atoms with Crippen LogP contribution < -0.4 is 10.0 Å². The molecule has 1 saturated carbocycles. The van der Waals surface area contributed by atoms with Crippen LogP contribution in [0.15, 0.2) is 0 Å². The number of hydrogen-bond donors (Lipinski definition) is 2. The molecule has 0 bridgehead atoms. The minimum absolute atomic E-state index is 0.347. The van der Waals surface area contributed by atoms with Crippen LogP contribution in [0, 0.1) is 5.92 Å². The van der Waals surface area contributed by atoms with Crippen LogP contribution in [0.4, 0.5) is 0 Å². The van der Waals surface area contributed by atoms with E-state index in [-0.39, 0.29) is 0 Å². The number of rotatable bonds is 9. The van der Waals surface area contributed by atoms with Crippen LogP contribution in [0.1, 0.15) is 32.6 Å². The summed E-state index contributed by atoms with van der Waals surface area (Å²) in [6.45, 7) is 5.57. The van der Waals surface area contributed by atoms with Crippen LogP contribution >= 0.6 is 0 Å². The van der Waals surface area contributed by atoms with Gasteiger partial charge in [-0.2, -0.15) is 17.4 Å². The topological polar surface area (TPSA) is 70.7 Å². The molecule has 2 aliphatic rings. The summed E-state index contributed by atoms with van der Waals surface area (Å²) in [7, 11) is -3.32. The standard InChI is InChI=1S/C13H27N3O3S/c1-2-19-10-7-15-20(17,18)16-8-5-12(6-9-16)11-14-13-3-4-13/h12-15H,2-11H2,1H3. The van der Waals surface area contributed by atoms with Gasteiger partial charge in [0.1, 0.15) is 0 Å². The second-order valence-corrected chi connectivity index (χ2v) is 7.38. The van der Waals surface area contributed by atoms with E-state index in [1.807, 2.05) is 6.92 Å². The highest BCUT2D eigenvalue weighted by Crippen LogP contribution is 2.22. The molecule has 0 radical (unpaired) electrons. The van der Waals surface area contributed by atoms with Crippen molar-refractivity contribution in [3.05, 3.63) is 0 Å². The molecule has 2 rings (SSSR count). The predicted octanol–water partition coefficient (Wildman–Crippen LogP) is 0.321. The van der Waals surface area contributed by atoms with E-state index in [0.29, 0.717) is 38.8 Å². The Kier molecular flexibility index (Phi) is 6.22. The van der Waals surface area contributed by atoms with Crippen LogP contribution in [0.5, 0.6) is 0 Å². The van der Waals surface area contributed by atoms with Gasteiger partial charge >= 0.3 is 0 Å². The molecule has 2 fully saturated rings. The van der Waals surface area contributed by atoms with E-state index in [9.17, 15) is 8.42 Å². The lowest BCUT2D eigenvalue weighted by Gasteiger charge is -2.31. The molecule has 0 aromatic heterocycles. The van der Waals surface area contributed by atoms with Crippen LogP contribution in [0.3, 0.4) is 0 Å². The van der Waals surface area contributed by atoms with Gasteiger partial charge in [0.2, 0.25) is 0 Å². The molecule has 1 aliphatic heterocycles. The minimum Gasteiger partial charge on any atom is -0.380 e. The number of nitrogens with one attached hydrogen (secondary N) is 2. The predicted molar refractivity (Wildman–Crippen MR) is 78.7 cm³/mol. The first-order valence-electron chi connectivity index (χ1n) is 7.67. The second kappa shape index (κ2) is 7.70. The van der Waals surface area contributed by atoms with Gasteiger partial charge in [-0.3, -0.25) is 0 Å². The first-order chi connectivity index (χ1) is 9.62. The summed E-state index contributed by atoms with van der Waals surface area (Å²) in [6, 6.07) is 0.733. The van der Waals surface area contributed by atoms with Gasteiger partial charge in [-0.1, -0.05) is 0 Å². The molecule has 0 aromatic rings. The molecule has 7 heteroatoms. The Balaban J connectivity index is 1.65. The summed E-state index contributed by atoms with van der Waals surface area (Å²) in [4.78, 5) is 0. The van der Waals surface area contributed by atoms with E-state index in [2.05, 4.69) is 10.0 Å². The summed E-state index contributed by atoms with van der Waals surface area (Å²) >= 11 is 0. The van der Waals surface area contributed by atoms with Crippen LogP contribution in [0.2, 0.25) is 0 Å². The maximum Gasteiger partial charge on any atom is 0.279 e. The van der Waals surface area contributed by atoms with Gasteiger partial charge in [-0.05, 0) is 45.1 Å². The lowest BCUT2D eigenvalue weighted by molar-refractivity contribution is 0.152. The smallest absolute Gasteiger partial charge is 0.279 e. The molecular weight excluding hydrogens is 278 g/mol. The SMILES string of the molecule is CCOCCNS(=O)(=O)N1CCC(CNC2CC2)CC1. The van der Waals surface area contributed by atoms with Crippen molar-refractivity contribution in [3.8, 4) is 0 Å². The van der Waals surface area contributed by atoms with Crippen molar-refractivity contribution in [3.63, 3.8) is 0 Å². The van der Waals surface area contributed by atoms with E-state index in [1.165, 1.54) is 12.8 Å². The van der Waals surface area contributed by atoms with Crippen LogP contribution in [-0.2, 0) is 14.9 Å². The van der Waals surface area contributed by atoms with E-state index in [4.69, 9.17) is 4.74 Å². The Hall–Kier alpha value is -0.210. The lowest BCUT2D eigenvalue weighted by Crippen LogP contribution is -2.46. The van der Waals surface area contributed by atoms with Crippen LogP contribution in [0.25, 0.3) is 0 Å². The van der Waals surface area contributed by atoms with Gasteiger partial charge in [0, 0.05) is 32.3 Å².